The second kappa shape index (κ2) is 8.30. The van der Waals surface area contributed by atoms with E-state index in [1.54, 1.807) is 36.5 Å². The Morgan fingerprint density at radius 2 is 1.90 bits per heavy atom. The number of nitrogens with zero attached hydrogens (tertiary/aromatic N) is 2. The normalized spacial score (nSPS) is 15.9. The average molecular weight is 417 g/mol. The third kappa shape index (κ3) is 3.81. The Morgan fingerprint density at radius 1 is 1.16 bits per heavy atom. The van der Waals surface area contributed by atoms with Gasteiger partial charge < -0.3 is 10.6 Å². The van der Waals surface area contributed by atoms with Crippen LogP contribution in [0, 0.1) is 19.7 Å². The van der Waals surface area contributed by atoms with Crippen molar-refractivity contribution in [3.05, 3.63) is 100 Å². The molecule has 0 spiro atoms. The molecule has 5 nitrogen and oxygen atoms in total. The highest BCUT2D eigenvalue weighted by Crippen LogP contribution is 2.42. The van der Waals surface area contributed by atoms with Gasteiger partial charge in [0.25, 0.3) is 5.91 Å². The van der Waals surface area contributed by atoms with Crippen LogP contribution in [0.25, 0.3) is 0 Å². The molecule has 1 aliphatic carbocycles. The van der Waals surface area contributed by atoms with Crippen molar-refractivity contribution < 1.29 is 14.0 Å². The number of aryl methyl sites for hydroxylation is 2. The van der Waals surface area contributed by atoms with E-state index in [1.165, 1.54) is 17.2 Å². The topological polar surface area (TPSA) is 76.3 Å². The van der Waals surface area contributed by atoms with Gasteiger partial charge in [0.15, 0.2) is 0 Å². The number of carbonyl (C=O) groups excluding carboxylic acids is 2. The maximum absolute atomic E-state index is 14.7. The summed E-state index contributed by atoms with van der Waals surface area (Å²) in [4.78, 5) is 32.2. The minimum atomic E-state index is -0.993. The van der Waals surface area contributed by atoms with Gasteiger partial charge in [0, 0.05) is 12.4 Å². The Hall–Kier alpha value is -3.54. The van der Waals surface area contributed by atoms with Crippen molar-refractivity contribution in [2.45, 2.75) is 38.8 Å². The summed E-state index contributed by atoms with van der Waals surface area (Å²) in [6.07, 6.45) is 4.11. The van der Waals surface area contributed by atoms with Crippen LogP contribution >= 0.6 is 0 Å². The summed E-state index contributed by atoms with van der Waals surface area (Å²) in [5, 5.41) is 0. The lowest BCUT2D eigenvalue weighted by molar-refractivity contribution is -0.123. The maximum Gasteiger partial charge on any atom is 0.257 e. The molecule has 2 amide bonds. The molecule has 1 aliphatic rings. The fraction of sp³-hybridized carbons (Fsp3) is 0.240. The zero-order valence-electron chi connectivity index (χ0n) is 17.5. The molecular weight excluding hydrogens is 393 g/mol. The summed E-state index contributed by atoms with van der Waals surface area (Å²) in [6.45, 7) is 3.64. The molecule has 2 aromatic carbocycles. The van der Waals surface area contributed by atoms with Crippen molar-refractivity contribution in [1.29, 1.82) is 0 Å². The summed E-state index contributed by atoms with van der Waals surface area (Å²) in [5.74, 6) is -1.27. The first-order chi connectivity index (χ1) is 14.9. The molecule has 0 saturated carbocycles. The molecule has 1 aromatic heterocycles. The molecule has 0 fully saturated rings. The van der Waals surface area contributed by atoms with Gasteiger partial charge in [-0.15, -0.1) is 0 Å². The van der Waals surface area contributed by atoms with E-state index in [2.05, 4.69) is 4.98 Å². The predicted octanol–water partition coefficient (Wildman–Crippen LogP) is 4.19. The number of nitrogens with two attached hydrogens (primary N) is 1. The highest BCUT2D eigenvalue weighted by Gasteiger charge is 2.40. The second-order valence-corrected chi connectivity index (χ2v) is 7.99. The lowest BCUT2D eigenvalue weighted by Crippen LogP contribution is -2.43. The van der Waals surface area contributed by atoms with Gasteiger partial charge in [-0.05, 0) is 66.6 Å². The molecule has 6 heteroatoms. The Balaban J connectivity index is 1.90. The second-order valence-electron chi connectivity index (χ2n) is 7.99. The average Bonchev–Trinajstić information content (AvgIpc) is 3.16. The van der Waals surface area contributed by atoms with Crippen molar-refractivity contribution in [3.8, 4) is 0 Å². The Labute approximate surface area is 180 Å². The van der Waals surface area contributed by atoms with Gasteiger partial charge in [-0.1, -0.05) is 36.4 Å². The largest absolute Gasteiger partial charge is 0.368 e. The number of aromatic nitrogens is 1. The predicted molar refractivity (Wildman–Crippen MR) is 116 cm³/mol. The number of benzene rings is 2. The summed E-state index contributed by atoms with van der Waals surface area (Å²) >= 11 is 0. The van der Waals surface area contributed by atoms with E-state index < -0.39 is 18.0 Å². The molecule has 0 radical (unpaired) electrons. The smallest absolute Gasteiger partial charge is 0.257 e. The van der Waals surface area contributed by atoms with Crippen LogP contribution < -0.4 is 5.73 Å². The summed E-state index contributed by atoms with van der Waals surface area (Å²) in [5.41, 5.74) is 9.69. The zero-order chi connectivity index (χ0) is 22.1. The molecule has 0 bridgehead atoms. The van der Waals surface area contributed by atoms with Gasteiger partial charge in [-0.2, -0.15) is 0 Å². The first-order valence-electron chi connectivity index (χ1n) is 10.2. The van der Waals surface area contributed by atoms with Crippen LogP contribution in [0.3, 0.4) is 0 Å². The number of rotatable bonds is 5. The van der Waals surface area contributed by atoms with E-state index in [0.29, 0.717) is 29.5 Å². The fourth-order valence-corrected chi connectivity index (χ4v) is 4.45. The van der Waals surface area contributed by atoms with Crippen LogP contribution in [0.15, 0.2) is 60.9 Å². The standard InChI is InChI=1S/C25H24FN3O2/c1-15-12-19-18(21(26)13-15)8-9-22(19)29(25(31)20-14-28-11-10-16(20)2)23(24(27)30)17-6-4-3-5-7-17/h3-7,10-14,22-23H,8-9H2,1-2H3,(H2,27,30)/t22-,23-/m1/s1. The monoisotopic (exact) mass is 417 g/mol. The van der Waals surface area contributed by atoms with Crippen LogP contribution in [0.1, 0.15) is 56.7 Å². The van der Waals surface area contributed by atoms with E-state index in [9.17, 15) is 14.0 Å². The Morgan fingerprint density at radius 3 is 2.58 bits per heavy atom. The van der Waals surface area contributed by atoms with Gasteiger partial charge in [-0.3, -0.25) is 14.6 Å². The number of halogens is 1. The minimum absolute atomic E-state index is 0.280. The van der Waals surface area contributed by atoms with Crippen molar-refractivity contribution in [2.24, 2.45) is 5.73 Å². The van der Waals surface area contributed by atoms with E-state index >= 15 is 0 Å². The van der Waals surface area contributed by atoms with Gasteiger partial charge >= 0.3 is 0 Å². The van der Waals surface area contributed by atoms with E-state index in [-0.39, 0.29) is 11.7 Å². The number of carbonyl (C=O) groups is 2. The van der Waals surface area contributed by atoms with Gasteiger partial charge in [0.1, 0.15) is 11.9 Å². The fourth-order valence-electron chi connectivity index (χ4n) is 4.45. The first kappa shape index (κ1) is 20.7. The number of hydrogen-bond acceptors (Lipinski definition) is 3. The number of primary amides is 1. The van der Waals surface area contributed by atoms with Crippen molar-refractivity contribution in [3.63, 3.8) is 0 Å². The Kier molecular flexibility index (Phi) is 5.55. The molecule has 3 aromatic rings. The number of hydrogen-bond donors (Lipinski definition) is 1. The molecule has 0 unspecified atom stereocenters. The highest BCUT2D eigenvalue weighted by molar-refractivity contribution is 5.99. The van der Waals surface area contributed by atoms with Gasteiger partial charge in [-0.25, -0.2) is 4.39 Å². The van der Waals surface area contributed by atoms with Crippen molar-refractivity contribution in [1.82, 2.24) is 9.88 Å². The van der Waals surface area contributed by atoms with Crippen LogP contribution in [-0.2, 0) is 11.2 Å². The quantitative estimate of drug-likeness (QED) is 0.676. The van der Waals surface area contributed by atoms with Crippen molar-refractivity contribution in [2.75, 3.05) is 0 Å². The van der Waals surface area contributed by atoms with E-state index in [4.69, 9.17) is 5.73 Å². The third-order valence-corrected chi connectivity index (χ3v) is 5.90. The minimum Gasteiger partial charge on any atom is -0.368 e. The summed E-state index contributed by atoms with van der Waals surface area (Å²) in [6, 6.07) is 12.7. The van der Waals surface area contributed by atoms with Crippen LogP contribution in [-0.4, -0.2) is 21.7 Å². The van der Waals surface area contributed by atoms with Crippen LogP contribution in [0.5, 0.6) is 0 Å². The zero-order valence-corrected chi connectivity index (χ0v) is 17.5. The van der Waals surface area contributed by atoms with E-state index in [0.717, 1.165) is 16.7 Å². The SMILES string of the molecule is Cc1cc(F)c2c(c1)[C@H](N(C(=O)c1cnccc1C)[C@@H](C(N)=O)c1ccccc1)CC2. The van der Waals surface area contributed by atoms with Crippen LogP contribution in [0.4, 0.5) is 4.39 Å². The maximum atomic E-state index is 14.7. The summed E-state index contributed by atoms with van der Waals surface area (Å²) in [7, 11) is 0. The van der Waals surface area contributed by atoms with Crippen LogP contribution in [0.2, 0.25) is 0 Å². The van der Waals surface area contributed by atoms with E-state index in [1.807, 2.05) is 26.0 Å². The number of pyridine rings is 1. The lowest BCUT2D eigenvalue weighted by Gasteiger charge is -2.36. The molecular formula is C25H24FN3O2. The third-order valence-electron chi connectivity index (χ3n) is 5.90. The highest BCUT2D eigenvalue weighted by atomic mass is 19.1. The molecule has 2 atom stereocenters. The molecule has 158 valence electrons. The molecule has 4 rings (SSSR count). The number of amides is 2. The van der Waals surface area contributed by atoms with Gasteiger partial charge in [0.2, 0.25) is 5.91 Å². The molecule has 0 saturated heterocycles. The molecule has 0 aliphatic heterocycles. The molecule has 1 heterocycles. The number of fused-ring (bicyclic) bond motifs is 1. The van der Waals surface area contributed by atoms with Crippen molar-refractivity contribution >= 4 is 11.8 Å². The van der Waals surface area contributed by atoms with Gasteiger partial charge in [0.05, 0.1) is 11.6 Å². The molecule has 31 heavy (non-hydrogen) atoms. The molecule has 2 N–H and O–H groups in total. The summed E-state index contributed by atoms with van der Waals surface area (Å²) < 4.78 is 14.7. The Bertz CT molecular complexity index is 1150. The lowest BCUT2D eigenvalue weighted by atomic mass is 9.96. The first-order valence-corrected chi connectivity index (χ1v) is 10.2.